The van der Waals surface area contributed by atoms with Crippen molar-refractivity contribution < 1.29 is 17.6 Å². The third-order valence-corrected chi connectivity index (χ3v) is 3.35. The Kier molecular flexibility index (Phi) is 3.09. The van der Waals surface area contributed by atoms with E-state index < -0.39 is 11.7 Å². The van der Waals surface area contributed by atoms with E-state index >= 15 is 0 Å². The smallest absolute Gasteiger partial charge is 0.420 e. The molecule has 1 nitrogen and oxygen atoms in total. The largest absolute Gasteiger partial charge is 0.459 e. The molecule has 0 aliphatic rings. The van der Waals surface area contributed by atoms with Gasteiger partial charge in [0.1, 0.15) is 11.3 Å². The molecule has 2 aromatic rings. The molecule has 0 bridgehead atoms. The van der Waals surface area contributed by atoms with Gasteiger partial charge in [-0.3, -0.25) is 0 Å². The Morgan fingerprint density at radius 1 is 1.22 bits per heavy atom. The van der Waals surface area contributed by atoms with Crippen LogP contribution in [0.4, 0.5) is 13.2 Å². The topological polar surface area (TPSA) is 13.1 Å². The molecule has 18 heavy (non-hydrogen) atoms. The fourth-order valence-corrected chi connectivity index (χ4v) is 2.03. The number of fused-ring (bicyclic) bond motifs is 1. The predicted octanol–water partition coefficient (Wildman–Crippen LogP) is 5.54. The lowest BCUT2D eigenvalue weighted by Crippen LogP contribution is -2.06. The van der Waals surface area contributed by atoms with Crippen molar-refractivity contribution in [2.75, 3.05) is 0 Å². The van der Waals surface area contributed by atoms with E-state index in [2.05, 4.69) is 0 Å². The Hall–Kier alpha value is -1.16. The zero-order chi connectivity index (χ0) is 13.7. The Bertz CT molecular complexity index is 596. The van der Waals surface area contributed by atoms with Gasteiger partial charge in [0.05, 0.1) is 10.6 Å². The fraction of sp³-hybridized carbons (Fsp3) is 0.385. The van der Waals surface area contributed by atoms with E-state index in [1.54, 1.807) is 13.0 Å². The summed E-state index contributed by atoms with van der Waals surface area (Å²) in [6.07, 6.45) is -4.45. The molecule has 98 valence electrons. The van der Waals surface area contributed by atoms with E-state index in [1.165, 1.54) is 0 Å². The van der Waals surface area contributed by atoms with E-state index in [-0.39, 0.29) is 16.5 Å². The highest BCUT2D eigenvalue weighted by atomic mass is 35.5. The molecule has 0 saturated carbocycles. The number of rotatable bonds is 1. The van der Waals surface area contributed by atoms with Gasteiger partial charge in [-0.05, 0) is 30.5 Å². The van der Waals surface area contributed by atoms with Gasteiger partial charge in [-0.15, -0.1) is 0 Å². The summed E-state index contributed by atoms with van der Waals surface area (Å²) in [4.78, 5) is 0. The zero-order valence-electron chi connectivity index (χ0n) is 10.2. The third kappa shape index (κ3) is 2.09. The summed E-state index contributed by atoms with van der Waals surface area (Å²) in [6.45, 7) is 5.22. The van der Waals surface area contributed by atoms with Gasteiger partial charge in [0, 0.05) is 5.39 Å². The van der Waals surface area contributed by atoms with Crippen molar-refractivity contribution in [2.24, 2.45) is 0 Å². The standard InChI is InChI=1S/C13H12ClF3O/c1-6(2)8-4-9-11(14)7(3)18-12(9)10(5-8)13(15,16)17/h4-6H,1-3H3. The Labute approximate surface area is 108 Å². The molecule has 0 aliphatic heterocycles. The molecular weight excluding hydrogens is 265 g/mol. The fourth-order valence-electron chi connectivity index (χ4n) is 1.86. The molecule has 0 unspecified atom stereocenters. The van der Waals surface area contributed by atoms with E-state index in [0.29, 0.717) is 16.7 Å². The summed E-state index contributed by atoms with van der Waals surface area (Å²) in [5.74, 6) is 0.292. The van der Waals surface area contributed by atoms with Gasteiger partial charge < -0.3 is 4.42 Å². The number of aryl methyl sites for hydroxylation is 1. The lowest BCUT2D eigenvalue weighted by atomic mass is 9.98. The van der Waals surface area contributed by atoms with Crippen molar-refractivity contribution in [2.45, 2.75) is 32.9 Å². The number of furan rings is 1. The van der Waals surface area contributed by atoms with Crippen LogP contribution in [0.2, 0.25) is 5.02 Å². The van der Waals surface area contributed by atoms with Crippen molar-refractivity contribution in [1.82, 2.24) is 0 Å². The predicted molar refractivity (Wildman–Crippen MR) is 65.1 cm³/mol. The first-order valence-corrected chi connectivity index (χ1v) is 5.89. The molecule has 0 aliphatic carbocycles. The lowest BCUT2D eigenvalue weighted by molar-refractivity contribution is -0.136. The maximum absolute atomic E-state index is 13.0. The van der Waals surface area contributed by atoms with Gasteiger partial charge in [0.25, 0.3) is 0 Å². The first-order valence-electron chi connectivity index (χ1n) is 5.51. The molecule has 1 heterocycles. The molecule has 0 radical (unpaired) electrons. The van der Waals surface area contributed by atoms with Gasteiger partial charge in [-0.1, -0.05) is 25.4 Å². The monoisotopic (exact) mass is 276 g/mol. The van der Waals surface area contributed by atoms with Crippen LogP contribution < -0.4 is 0 Å². The van der Waals surface area contributed by atoms with E-state index in [4.69, 9.17) is 16.0 Å². The van der Waals surface area contributed by atoms with Crippen LogP contribution in [0.5, 0.6) is 0 Å². The number of benzene rings is 1. The Morgan fingerprint density at radius 3 is 2.33 bits per heavy atom. The highest BCUT2D eigenvalue weighted by Crippen LogP contribution is 2.41. The molecule has 1 aromatic carbocycles. The average Bonchev–Trinajstić information content (AvgIpc) is 2.52. The van der Waals surface area contributed by atoms with Crippen molar-refractivity contribution in [3.63, 3.8) is 0 Å². The van der Waals surface area contributed by atoms with Crippen molar-refractivity contribution in [3.8, 4) is 0 Å². The summed E-state index contributed by atoms with van der Waals surface area (Å²) in [5, 5.41) is 0.575. The van der Waals surface area contributed by atoms with Crippen molar-refractivity contribution in [3.05, 3.63) is 34.0 Å². The Morgan fingerprint density at radius 2 is 1.83 bits per heavy atom. The van der Waals surface area contributed by atoms with Gasteiger partial charge in [-0.25, -0.2) is 0 Å². The summed E-state index contributed by atoms with van der Waals surface area (Å²) in [5.41, 5.74) is -0.356. The van der Waals surface area contributed by atoms with Gasteiger partial charge in [0.15, 0.2) is 0 Å². The first-order chi connectivity index (χ1) is 8.21. The van der Waals surface area contributed by atoms with E-state index in [0.717, 1.165) is 6.07 Å². The highest BCUT2D eigenvalue weighted by Gasteiger charge is 2.35. The van der Waals surface area contributed by atoms with Crippen LogP contribution in [-0.2, 0) is 6.18 Å². The van der Waals surface area contributed by atoms with Crippen LogP contribution in [0.3, 0.4) is 0 Å². The highest BCUT2D eigenvalue weighted by molar-refractivity contribution is 6.36. The summed E-state index contributed by atoms with van der Waals surface area (Å²) in [7, 11) is 0. The maximum Gasteiger partial charge on any atom is 0.420 e. The quantitative estimate of drug-likeness (QED) is 0.667. The van der Waals surface area contributed by atoms with Gasteiger partial charge >= 0.3 is 6.18 Å². The second kappa shape index (κ2) is 4.19. The normalized spacial score (nSPS) is 12.7. The first kappa shape index (κ1) is 13.3. The molecule has 1 aromatic heterocycles. The van der Waals surface area contributed by atoms with Gasteiger partial charge in [0.2, 0.25) is 0 Å². The molecule has 0 fully saturated rings. The molecule has 0 N–H and O–H groups in total. The van der Waals surface area contributed by atoms with Crippen molar-refractivity contribution >= 4 is 22.6 Å². The molecular formula is C13H12ClF3O. The van der Waals surface area contributed by atoms with E-state index in [1.807, 2.05) is 13.8 Å². The molecule has 0 atom stereocenters. The second-order valence-electron chi connectivity index (χ2n) is 4.57. The van der Waals surface area contributed by atoms with Crippen LogP contribution in [0.15, 0.2) is 16.5 Å². The van der Waals surface area contributed by atoms with Crippen LogP contribution in [-0.4, -0.2) is 0 Å². The van der Waals surface area contributed by atoms with Crippen LogP contribution in [0.25, 0.3) is 11.0 Å². The number of alkyl halides is 3. The molecule has 2 rings (SSSR count). The lowest BCUT2D eigenvalue weighted by Gasteiger charge is -2.11. The van der Waals surface area contributed by atoms with Crippen molar-refractivity contribution in [1.29, 1.82) is 0 Å². The number of hydrogen-bond acceptors (Lipinski definition) is 1. The number of halogens is 4. The molecule has 0 amide bonds. The third-order valence-electron chi connectivity index (χ3n) is 2.88. The molecule has 0 saturated heterocycles. The van der Waals surface area contributed by atoms with Crippen LogP contribution >= 0.6 is 11.6 Å². The summed E-state index contributed by atoms with van der Waals surface area (Å²) < 4.78 is 44.1. The minimum atomic E-state index is -4.45. The average molecular weight is 277 g/mol. The molecule has 0 spiro atoms. The SMILES string of the molecule is Cc1oc2c(C(F)(F)F)cc(C(C)C)cc2c1Cl. The van der Waals surface area contributed by atoms with Gasteiger partial charge in [-0.2, -0.15) is 13.2 Å². The van der Waals surface area contributed by atoms with Crippen LogP contribution in [0, 0.1) is 6.92 Å². The second-order valence-corrected chi connectivity index (χ2v) is 4.95. The molecule has 5 heteroatoms. The summed E-state index contributed by atoms with van der Waals surface area (Å²) in [6, 6.07) is 2.79. The van der Waals surface area contributed by atoms with Crippen LogP contribution in [0.1, 0.15) is 36.7 Å². The minimum absolute atomic E-state index is 0.0122. The van der Waals surface area contributed by atoms with E-state index in [9.17, 15) is 13.2 Å². The maximum atomic E-state index is 13.0. The minimum Gasteiger partial charge on any atom is -0.459 e. The summed E-state index contributed by atoms with van der Waals surface area (Å²) >= 11 is 5.98. The number of hydrogen-bond donors (Lipinski definition) is 0. The zero-order valence-corrected chi connectivity index (χ0v) is 10.9. The Balaban J connectivity index is 2.86.